The van der Waals surface area contributed by atoms with E-state index in [1.165, 1.54) is 18.0 Å². The Morgan fingerprint density at radius 1 is 1.24 bits per heavy atom. The summed E-state index contributed by atoms with van der Waals surface area (Å²) in [7, 11) is 0. The molecule has 2 N–H and O–H groups in total. The summed E-state index contributed by atoms with van der Waals surface area (Å²) in [6, 6.07) is 16.6. The molecule has 6 heteroatoms. The van der Waals surface area contributed by atoms with Gasteiger partial charge in [0, 0.05) is 5.39 Å². The number of phenols is 1. The topological polar surface area (TPSA) is 74.6 Å². The number of thioether (sulfide) groups is 1. The zero-order valence-corrected chi connectivity index (χ0v) is 14.5. The van der Waals surface area contributed by atoms with Crippen LogP contribution < -0.4 is 5.43 Å². The second-order valence-corrected chi connectivity index (χ2v) is 6.47. The van der Waals surface area contributed by atoms with Gasteiger partial charge in [0.15, 0.2) is 0 Å². The van der Waals surface area contributed by atoms with Gasteiger partial charge in [-0.05, 0) is 42.3 Å². The molecular formula is C19H17N3O2S. The lowest BCUT2D eigenvalue weighted by atomic mass is 10.1. The van der Waals surface area contributed by atoms with Gasteiger partial charge >= 0.3 is 0 Å². The first-order chi connectivity index (χ1) is 12.1. The number of nitrogens with one attached hydrogen (secondary N) is 1. The predicted octanol–water partition coefficient (Wildman–Crippen LogP) is 3.49. The second kappa shape index (κ2) is 7.81. The van der Waals surface area contributed by atoms with Crippen LogP contribution in [0.1, 0.15) is 11.1 Å². The molecule has 126 valence electrons. The Balaban J connectivity index is 1.57. The average molecular weight is 351 g/mol. The first-order valence-corrected chi connectivity index (χ1v) is 8.70. The fourth-order valence-corrected chi connectivity index (χ4v) is 3.11. The van der Waals surface area contributed by atoms with E-state index in [9.17, 15) is 9.90 Å². The number of pyridine rings is 1. The largest absolute Gasteiger partial charge is 0.508 e. The maximum absolute atomic E-state index is 11.9. The number of carbonyl (C=O) groups is 1. The molecule has 0 saturated heterocycles. The number of nitrogens with zero attached hydrogens (tertiary/aromatic N) is 2. The highest BCUT2D eigenvalue weighted by Gasteiger charge is 2.06. The van der Waals surface area contributed by atoms with Crippen LogP contribution in [-0.4, -0.2) is 28.0 Å². The fourth-order valence-electron chi connectivity index (χ4n) is 2.35. The monoisotopic (exact) mass is 351 g/mol. The van der Waals surface area contributed by atoms with Crippen LogP contribution >= 0.6 is 11.8 Å². The van der Waals surface area contributed by atoms with Gasteiger partial charge in [-0.25, -0.2) is 10.4 Å². The van der Waals surface area contributed by atoms with Crippen LogP contribution in [-0.2, 0) is 4.79 Å². The Kier molecular flexibility index (Phi) is 5.30. The standard InChI is InChI=1S/C19H17N3O2S/c1-13-9-19(21-17-8-3-2-7-16(13)17)25-12-18(24)22-20-11-14-5-4-6-15(23)10-14/h2-11,23H,12H2,1H3,(H,22,24). The summed E-state index contributed by atoms with van der Waals surface area (Å²) in [6.45, 7) is 2.04. The van der Waals surface area contributed by atoms with Crippen LogP contribution in [0.3, 0.4) is 0 Å². The summed E-state index contributed by atoms with van der Waals surface area (Å²) < 4.78 is 0. The van der Waals surface area contributed by atoms with Crippen molar-refractivity contribution in [3.05, 3.63) is 65.7 Å². The molecule has 1 heterocycles. The molecule has 0 aliphatic carbocycles. The summed E-state index contributed by atoms with van der Waals surface area (Å²) in [5, 5.41) is 15.2. The number of rotatable bonds is 5. The van der Waals surface area contributed by atoms with E-state index in [4.69, 9.17) is 0 Å². The highest BCUT2D eigenvalue weighted by atomic mass is 32.2. The SMILES string of the molecule is Cc1cc(SCC(=O)NN=Cc2cccc(O)c2)nc2ccccc12. The van der Waals surface area contributed by atoms with E-state index in [1.54, 1.807) is 24.3 Å². The molecule has 1 aromatic heterocycles. The van der Waals surface area contributed by atoms with Crippen LogP contribution in [0.15, 0.2) is 64.7 Å². The highest BCUT2D eigenvalue weighted by Crippen LogP contribution is 2.23. The number of aromatic hydroxyl groups is 1. The van der Waals surface area contributed by atoms with E-state index < -0.39 is 0 Å². The van der Waals surface area contributed by atoms with Crippen molar-refractivity contribution < 1.29 is 9.90 Å². The normalized spacial score (nSPS) is 11.1. The Labute approximate surface area is 149 Å². The van der Waals surface area contributed by atoms with Crippen LogP contribution in [0, 0.1) is 6.92 Å². The van der Waals surface area contributed by atoms with E-state index in [2.05, 4.69) is 15.5 Å². The molecule has 0 saturated carbocycles. The smallest absolute Gasteiger partial charge is 0.250 e. The van der Waals surface area contributed by atoms with Gasteiger partial charge in [-0.3, -0.25) is 4.79 Å². The first kappa shape index (κ1) is 17.0. The fraction of sp³-hybridized carbons (Fsp3) is 0.105. The van der Waals surface area contributed by atoms with E-state index in [0.717, 1.165) is 21.5 Å². The number of hydrogen-bond donors (Lipinski definition) is 2. The molecular weight excluding hydrogens is 334 g/mol. The Bertz CT molecular complexity index is 941. The predicted molar refractivity (Wildman–Crippen MR) is 101 cm³/mol. The van der Waals surface area contributed by atoms with Gasteiger partial charge in [-0.15, -0.1) is 0 Å². The van der Waals surface area contributed by atoms with E-state index in [-0.39, 0.29) is 17.4 Å². The van der Waals surface area contributed by atoms with Crippen molar-refractivity contribution in [2.45, 2.75) is 11.9 Å². The molecule has 2 aromatic carbocycles. The van der Waals surface area contributed by atoms with Gasteiger partial charge in [-0.2, -0.15) is 5.10 Å². The molecule has 25 heavy (non-hydrogen) atoms. The Hall–Kier alpha value is -2.86. The number of phenolic OH excluding ortho intramolecular Hbond substituents is 1. The van der Waals surface area contributed by atoms with Gasteiger partial charge in [0.2, 0.25) is 5.91 Å². The molecule has 0 fully saturated rings. The van der Waals surface area contributed by atoms with Crippen molar-refractivity contribution in [2.24, 2.45) is 5.10 Å². The molecule has 0 radical (unpaired) electrons. The van der Waals surface area contributed by atoms with Gasteiger partial charge in [0.1, 0.15) is 5.75 Å². The van der Waals surface area contributed by atoms with Crippen LogP contribution in [0.25, 0.3) is 10.9 Å². The summed E-state index contributed by atoms with van der Waals surface area (Å²) in [6.07, 6.45) is 1.49. The third kappa shape index (κ3) is 4.58. The maximum Gasteiger partial charge on any atom is 0.250 e. The minimum atomic E-state index is -0.214. The number of fused-ring (bicyclic) bond motifs is 1. The molecule has 3 aromatic rings. The zero-order chi connectivity index (χ0) is 17.6. The summed E-state index contributed by atoms with van der Waals surface area (Å²) in [4.78, 5) is 16.5. The van der Waals surface area contributed by atoms with Gasteiger partial charge in [-0.1, -0.05) is 42.1 Å². The quantitative estimate of drug-likeness (QED) is 0.419. The molecule has 3 rings (SSSR count). The van der Waals surface area contributed by atoms with Gasteiger partial charge in [0.05, 0.1) is 22.5 Å². The highest BCUT2D eigenvalue weighted by molar-refractivity contribution is 7.99. The van der Waals surface area contributed by atoms with Gasteiger partial charge < -0.3 is 5.11 Å². The van der Waals surface area contributed by atoms with Gasteiger partial charge in [0.25, 0.3) is 0 Å². The van der Waals surface area contributed by atoms with Crippen molar-refractivity contribution in [1.29, 1.82) is 0 Å². The summed E-state index contributed by atoms with van der Waals surface area (Å²) in [5.74, 6) is 0.167. The number of amides is 1. The van der Waals surface area contributed by atoms with Crippen molar-refractivity contribution in [1.82, 2.24) is 10.4 Å². The number of benzene rings is 2. The lowest BCUT2D eigenvalue weighted by Crippen LogP contribution is -2.19. The van der Waals surface area contributed by atoms with E-state index >= 15 is 0 Å². The number of aromatic nitrogens is 1. The molecule has 5 nitrogen and oxygen atoms in total. The van der Waals surface area contributed by atoms with Crippen LogP contribution in [0.2, 0.25) is 0 Å². The second-order valence-electron chi connectivity index (χ2n) is 5.47. The van der Waals surface area contributed by atoms with Crippen molar-refractivity contribution in [2.75, 3.05) is 5.75 Å². The Morgan fingerprint density at radius 3 is 2.92 bits per heavy atom. The molecule has 0 unspecified atom stereocenters. The van der Waals surface area contributed by atoms with Crippen LogP contribution in [0.4, 0.5) is 0 Å². The Morgan fingerprint density at radius 2 is 2.08 bits per heavy atom. The first-order valence-electron chi connectivity index (χ1n) is 7.72. The van der Waals surface area contributed by atoms with E-state index in [1.807, 2.05) is 37.3 Å². The molecule has 0 aliphatic heterocycles. The molecule has 0 spiro atoms. The molecule has 1 amide bonds. The van der Waals surface area contributed by atoms with E-state index in [0.29, 0.717) is 5.56 Å². The average Bonchev–Trinajstić information content (AvgIpc) is 2.60. The molecule has 0 aliphatic rings. The third-order valence-electron chi connectivity index (χ3n) is 3.52. The van der Waals surface area contributed by atoms with Crippen molar-refractivity contribution in [3.8, 4) is 5.75 Å². The summed E-state index contributed by atoms with van der Waals surface area (Å²) >= 11 is 1.37. The maximum atomic E-state index is 11.9. The number of hydrogen-bond acceptors (Lipinski definition) is 5. The number of hydrazone groups is 1. The molecule has 0 atom stereocenters. The number of carbonyl (C=O) groups excluding carboxylic acids is 1. The number of aryl methyl sites for hydroxylation is 1. The van der Waals surface area contributed by atoms with Crippen LogP contribution in [0.5, 0.6) is 5.75 Å². The van der Waals surface area contributed by atoms with Crippen molar-refractivity contribution >= 4 is 34.8 Å². The summed E-state index contributed by atoms with van der Waals surface area (Å²) in [5.41, 5.74) is 5.24. The minimum absolute atomic E-state index is 0.156. The zero-order valence-electron chi connectivity index (χ0n) is 13.6. The number of para-hydroxylation sites is 1. The minimum Gasteiger partial charge on any atom is -0.508 e. The third-order valence-corrected chi connectivity index (χ3v) is 4.44. The molecule has 0 bridgehead atoms. The van der Waals surface area contributed by atoms with Crippen molar-refractivity contribution in [3.63, 3.8) is 0 Å². The lowest BCUT2D eigenvalue weighted by molar-refractivity contribution is -0.118. The lowest BCUT2D eigenvalue weighted by Gasteiger charge is -2.05.